The normalized spacial score (nSPS) is 12.9. The molecule has 3 heteroatoms. The zero-order valence-corrected chi connectivity index (χ0v) is 12.2. The van der Waals surface area contributed by atoms with Crippen molar-refractivity contribution in [3.63, 3.8) is 0 Å². The molecule has 0 aliphatic carbocycles. The van der Waals surface area contributed by atoms with E-state index in [0.29, 0.717) is 5.92 Å². The molecule has 1 aromatic carbocycles. The van der Waals surface area contributed by atoms with E-state index >= 15 is 0 Å². The summed E-state index contributed by atoms with van der Waals surface area (Å²) in [5.41, 5.74) is 3.83. The second-order valence-corrected chi connectivity index (χ2v) is 5.36. The van der Waals surface area contributed by atoms with Gasteiger partial charge in [-0.2, -0.15) is 5.10 Å². The maximum Gasteiger partial charge on any atom is 0.0797 e. The van der Waals surface area contributed by atoms with Gasteiger partial charge < -0.3 is 5.32 Å². The fourth-order valence-corrected chi connectivity index (χ4v) is 2.25. The second-order valence-electron chi connectivity index (χ2n) is 5.36. The Kier molecular flexibility index (Phi) is 4.38. The maximum atomic E-state index is 4.48. The molecule has 0 aliphatic heterocycles. The Labute approximate surface area is 115 Å². The second kappa shape index (κ2) is 6.02. The molecule has 1 unspecified atom stereocenters. The fourth-order valence-electron chi connectivity index (χ4n) is 2.25. The van der Waals surface area contributed by atoms with Crippen LogP contribution in [0.4, 0.5) is 0 Å². The summed E-state index contributed by atoms with van der Waals surface area (Å²) in [6.45, 7) is 4.44. The number of aromatic nitrogens is 2. The summed E-state index contributed by atoms with van der Waals surface area (Å²) in [6.07, 6.45) is 2.95. The molecule has 0 saturated carbocycles. The third-order valence-electron chi connectivity index (χ3n) is 3.53. The van der Waals surface area contributed by atoms with Gasteiger partial charge in [0.2, 0.25) is 0 Å². The van der Waals surface area contributed by atoms with Gasteiger partial charge >= 0.3 is 0 Å². The fraction of sp³-hybridized carbons (Fsp3) is 0.438. The predicted molar refractivity (Wildman–Crippen MR) is 79.2 cm³/mol. The number of aryl methyl sites for hydroxylation is 1. The largest absolute Gasteiger partial charge is 0.311 e. The minimum absolute atomic E-state index is 0.270. The van der Waals surface area contributed by atoms with E-state index in [1.165, 1.54) is 11.1 Å². The van der Waals surface area contributed by atoms with E-state index in [9.17, 15) is 0 Å². The number of rotatable bonds is 5. The molecule has 19 heavy (non-hydrogen) atoms. The van der Waals surface area contributed by atoms with Gasteiger partial charge in [-0.05, 0) is 36.6 Å². The zero-order valence-electron chi connectivity index (χ0n) is 12.2. The van der Waals surface area contributed by atoms with E-state index < -0.39 is 0 Å². The van der Waals surface area contributed by atoms with Crippen molar-refractivity contribution < 1.29 is 0 Å². The standard InChI is InChI=1S/C16H23N3/c1-12(2)14-7-5-13(6-8-14)11-16(17-3)15-9-10-19(4)18-15/h5-10,12,16-17H,11H2,1-4H3. The summed E-state index contributed by atoms with van der Waals surface area (Å²) in [5.74, 6) is 0.588. The van der Waals surface area contributed by atoms with E-state index in [1.54, 1.807) is 0 Å². The smallest absolute Gasteiger partial charge is 0.0797 e. The molecule has 1 aromatic heterocycles. The van der Waals surface area contributed by atoms with E-state index in [4.69, 9.17) is 0 Å². The summed E-state index contributed by atoms with van der Waals surface area (Å²) in [4.78, 5) is 0. The van der Waals surface area contributed by atoms with Gasteiger partial charge in [0.15, 0.2) is 0 Å². The Morgan fingerprint density at radius 3 is 2.32 bits per heavy atom. The first-order valence-electron chi connectivity index (χ1n) is 6.85. The average Bonchev–Trinajstić information content (AvgIpc) is 2.83. The number of benzene rings is 1. The first-order valence-corrected chi connectivity index (χ1v) is 6.85. The van der Waals surface area contributed by atoms with Crippen LogP contribution in [0.2, 0.25) is 0 Å². The quantitative estimate of drug-likeness (QED) is 0.892. The Bertz CT molecular complexity index is 511. The highest BCUT2D eigenvalue weighted by atomic mass is 15.3. The Morgan fingerprint density at radius 1 is 1.16 bits per heavy atom. The third kappa shape index (κ3) is 3.44. The molecule has 3 nitrogen and oxygen atoms in total. The van der Waals surface area contributed by atoms with Crippen molar-refractivity contribution in [1.82, 2.24) is 15.1 Å². The monoisotopic (exact) mass is 257 g/mol. The van der Waals surface area contributed by atoms with Crippen LogP contribution >= 0.6 is 0 Å². The van der Waals surface area contributed by atoms with Crippen LogP contribution in [0.25, 0.3) is 0 Å². The lowest BCUT2D eigenvalue weighted by Crippen LogP contribution is -2.19. The predicted octanol–water partition coefficient (Wildman–Crippen LogP) is 3.05. The molecular weight excluding hydrogens is 234 g/mol. The molecular formula is C16H23N3. The van der Waals surface area contributed by atoms with Gasteiger partial charge in [-0.3, -0.25) is 4.68 Å². The van der Waals surface area contributed by atoms with E-state index in [1.807, 2.05) is 25.0 Å². The minimum Gasteiger partial charge on any atom is -0.311 e. The molecule has 0 aliphatic rings. The molecule has 0 fully saturated rings. The minimum atomic E-state index is 0.270. The molecule has 0 saturated heterocycles. The summed E-state index contributed by atoms with van der Waals surface area (Å²) < 4.78 is 1.85. The third-order valence-corrected chi connectivity index (χ3v) is 3.53. The van der Waals surface area contributed by atoms with Crippen molar-refractivity contribution in [3.8, 4) is 0 Å². The molecule has 1 heterocycles. The number of likely N-dealkylation sites (N-methyl/N-ethyl adjacent to an activating group) is 1. The lowest BCUT2D eigenvalue weighted by molar-refractivity contribution is 0.563. The lowest BCUT2D eigenvalue weighted by Gasteiger charge is -2.14. The molecule has 1 atom stereocenters. The Morgan fingerprint density at radius 2 is 1.84 bits per heavy atom. The van der Waals surface area contributed by atoms with Crippen molar-refractivity contribution in [2.75, 3.05) is 7.05 Å². The van der Waals surface area contributed by atoms with Gasteiger partial charge in [-0.25, -0.2) is 0 Å². The molecule has 2 aromatic rings. The first-order chi connectivity index (χ1) is 9.10. The number of nitrogens with zero attached hydrogens (tertiary/aromatic N) is 2. The zero-order chi connectivity index (χ0) is 13.8. The average molecular weight is 257 g/mol. The topological polar surface area (TPSA) is 29.9 Å². The highest BCUT2D eigenvalue weighted by Crippen LogP contribution is 2.19. The summed E-state index contributed by atoms with van der Waals surface area (Å²) in [7, 11) is 3.94. The van der Waals surface area contributed by atoms with Crippen molar-refractivity contribution in [1.29, 1.82) is 0 Å². The highest BCUT2D eigenvalue weighted by molar-refractivity contribution is 5.26. The summed E-state index contributed by atoms with van der Waals surface area (Å²) in [5, 5.41) is 7.82. The van der Waals surface area contributed by atoms with Crippen molar-refractivity contribution in [2.45, 2.75) is 32.2 Å². The van der Waals surface area contributed by atoms with E-state index in [2.05, 4.69) is 54.6 Å². The van der Waals surface area contributed by atoms with Crippen molar-refractivity contribution in [2.24, 2.45) is 7.05 Å². The first kappa shape index (κ1) is 13.8. The molecule has 0 spiro atoms. The van der Waals surface area contributed by atoms with E-state index in [-0.39, 0.29) is 6.04 Å². The van der Waals surface area contributed by atoms with Gasteiger partial charge in [-0.1, -0.05) is 38.1 Å². The molecule has 0 radical (unpaired) electrons. The maximum absolute atomic E-state index is 4.48. The lowest BCUT2D eigenvalue weighted by atomic mass is 9.98. The summed E-state index contributed by atoms with van der Waals surface area (Å²) in [6, 6.07) is 11.2. The van der Waals surface area contributed by atoms with Gasteiger partial charge in [0.1, 0.15) is 0 Å². The molecule has 1 N–H and O–H groups in total. The number of hydrogen-bond acceptors (Lipinski definition) is 2. The highest BCUT2D eigenvalue weighted by Gasteiger charge is 2.12. The van der Waals surface area contributed by atoms with Crippen LogP contribution in [-0.4, -0.2) is 16.8 Å². The van der Waals surface area contributed by atoms with Gasteiger partial charge in [0.05, 0.1) is 11.7 Å². The number of hydrogen-bond donors (Lipinski definition) is 1. The van der Waals surface area contributed by atoms with Gasteiger partial charge in [0, 0.05) is 13.2 Å². The molecule has 102 valence electrons. The SMILES string of the molecule is CNC(Cc1ccc(C(C)C)cc1)c1ccn(C)n1. The van der Waals surface area contributed by atoms with Crippen LogP contribution in [0.5, 0.6) is 0 Å². The van der Waals surface area contributed by atoms with Crippen LogP contribution in [0.3, 0.4) is 0 Å². The Balaban J connectivity index is 2.10. The number of nitrogens with one attached hydrogen (secondary N) is 1. The van der Waals surface area contributed by atoms with Crippen LogP contribution < -0.4 is 5.32 Å². The van der Waals surface area contributed by atoms with Crippen molar-refractivity contribution in [3.05, 3.63) is 53.3 Å². The van der Waals surface area contributed by atoms with Gasteiger partial charge in [-0.15, -0.1) is 0 Å². The van der Waals surface area contributed by atoms with Crippen LogP contribution in [-0.2, 0) is 13.5 Å². The Hall–Kier alpha value is -1.61. The molecule has 0 amide bonds. The van der Waals surface area contributed by atoms with Crippen LogP contribution in [0.15, 0.2) is 36.5 Å². The van der Waals surface area contributed by atoms with Gasteiger partial charge in [0.25, 0.3) is 0 Å². The molecule has 2 rings (SSSR count). The summed E-state index contributed by atoms with van der Waals surface area (Å²) >= 11 is 0. The van der Waals surface area contributed by atoms with E-state index in [0.717, 1.165) is 12.1 Å². The molecule has 0 bridgehead atoms. The van der Waals surface area contributed by atoms with Crippen LogP contribution in [0.1, 0.15) is 42.6 Å². The van der Waals surface area contributed by atoms with Crippen molar-refractivity contribution >= 4 is 0 Å². The van der Waals surface area contributed by atoms with Crippen LogP contribution in [0, 0.1) is 0 Å².